The number of carbonyl (C=O) groups excluding carboxylic acids is 3. The summed E-state index contributed by atoms with van der Waals surface area (Å²) in [4.78, 5) is 44.0. The molecule has 1 aliphatic heterocycles. The topological polar surface area (TPSA) is 71.4 Å². The van der Waals surface area contributed by atoms with E-state index in [4.69, 9.17) is 11.6 Å². The van der Waals surface area contributed by atoms with Gasteiger partial charge in [0.2, 0.25) is 5.54 Å². The highest BCUT2D eigenvalue weighted by atomic mass is 35.5. The van der Waals surface area contributed by atoms with Crippen LogP contribution in [-0.2, 0) is 4.79 Å². The molecular formula is C25H24ClN3O3S. The van der Waals surface area contributed by atoms with E-state index in [1.807, 2.05) is 24.5 Å². The first-order valence-corrected chi connectivity index (χ1v) is 12.6. The third-order valence-corrected chi connectivity index (χ3v) is 7.66. The molecule has 0 radical (unpaired) electrons. The molecule has 1 atom stereocenters. The van der Waals surface area contributed by atoms with Crippen molar-refractivity contribution in [2.75, 3.05) is 11.2 Å². The summed E-state index contributed by atoms with van der Waals surface area (Å²) >= 11 is 7.69. The van der Waals surface area contributed by atoms with Gasteiger partial charge in [-0.2, -0.15) is 0 Å². The van der Waals surface area contributed by atoms with Crippen LogP contribution in [0.4, 0.5) is 5.69 Å². The number of aromatic nitrogens is 1. The van der Waals surface area contributed by atoms with Crippen molar-refractivity contribution >= 4 is 57.7 Å². The largest absolute Gasteiger partial charge is 0.351 e. The van der Waals surface area contributed by atoms with Crippen molar-refractivity contribution in [3.8, 4) is 0 Å². The molecule has 3 aromatic rings. The second-order valence-corrected chi connectivity index (χ2v) is 10.1. The van der Waals surface area contributed by atoms with Gasteiger partial charge in [0.15, 0.2) is 0 Å². The maximum absolute atomic E-state index is 14.1. The van der Waals surface area contributed by atoms with Crippen LogP contribution >= 0.6 is 23.4 Å². The Labute approximate surface area is 201 Å². The van der Waals surface area contributed by atoms with Crippen LogP contribution in [0.2, 0.25) is 5.02 Å². The first-order chi connectivity index (χ1) is 15.8. The van der Waals surface area contributed by atoms with E-state index in [1.165, 1.54) is 21.2 Å². The standard InChI is InChI=1S/C25H24ClN3O3S/c1-25(23(31)27-17-6-3-4-7-17)24(32)28-20-11-10-16(26)12-15(20)13-21(28)22(30)29(25)18-8-5-9-19(14-18)33-2/h5,8-14,17H,3-4,6-7H2,1-2H3,(H,27,31)/t25-/m0/s1. The minimum Gasteiger partial charge on any atom is -0.351 e. The van der Waals surface area contributed by atoms with Crippen molar-refractivity contribution in [3.05, 3.63) is 59.2 Å². The van der Waals surface area contributed by atoms with Crippen LogP contribution in [0.3, 0.4) is 0 Å². The zero-order valence-electron chi connectivity index (χ0n) is 18.4. The minimum absolute atomic E-state index is 0.0122. The number of fused-ring (bicyclic) bond motifs is 3. The van der Waals surface area contributed by atoms with E-state index in [-0.39, 0.29) is 11.7 Å². The molecular weight excluding hydrogens is 458 g/mol. The number of nitrogens with one attached hydrogen (secondary N) is 1. The van der Waals surface area contributed by atoms with Crippen molar-refractivity contribution in [1.82, 2.24) is 9.88 Å². The predicted octanol–water partition coefficient (Wildman–Crippen LogP) is 5.13. The fourth-order valence-corrected chi connectivity index (χ4v) is 5.55. The van der Waals surface area contributed by atoms with Crippen LogP contribution in [0.5, 0.6) is 0 Å². The van der Waals surface area contributed by atoms with Gasteiger partial charge >= 0.3 is 0 Å². The summed E-state index contributed by atoms with van der Waals surface area (Å²) in [6, 6.07) is 14.2. The molecule has 0 spiro atoms. The molecule has 0 unspecified atom stereocenters. The number of hydrogen-bond acceptors (Lipinski definition) is 4. The van der Waals surface area contributed by atoms with Gasteiger partial charge < -0.3 is 5.32 Å². The van der Waals surface area contributed by atoms with Crippen LogP contribution in [0, 0.1) is 0 Å². The zero-order valence-corrected chi connectivity index (χ0v) is 20.0. The Hall–Kier alpha value is -2.77. The summed E-state index contributed by atoms with van der Waals surface area (Å²) < 4.78 is 1.37. The van der Waals surface area contributed by atoms with Gasteiger partial charge in [0.25, 0.3) is 17.7 Å². The van der Waals surface area contributed by atoms with E-state index < -0.39 is 23.3 Å². The normalized spacial score (nSPS) is 21.0. The first-order valence-electron chi connectivity index (χ1n) is 11.0. The molecule has 1 fully saturated rings. The zero-order chi connectivity index (χ0) is 23.3. The monoisotopic (exact) mass is 481 g/mol. The molecule has 0 saturated heterocycles. The summed E-state index contributed by atoms with van der Waals surface area (Å²) in [6.45, 7) is 1.55. The fourth-order valence-electron chi connectivity index (χ4n) is 4.91. The van der Waals surface area contributed by atoms with Crippen molar-refractivity contribution < 1.29 is 14.4 Å². The Balaban J connectivity index is 1.71. The molecule has 170 valence electrons. The first kappa shape index (κ1) is 22.0. The molecule has 2 aromatic carbocycles. The van der Waals surface area contributed by atoms with Crippen LogP contribution in [0.25, 0.3) is 10.9 Å². The molecule has 33 heavy (non-hydrogen) atoms. The lowest BCUT2D eigenvalue weighted by atomic mass is 9.92. The second-order valence-electron chi connectivity index (χ2n) is 8.74. The Morgan fingerprint density at radius 2 is 1.88 bits per heavy atom. The third-order valence-electron chi connectivity index (χ3n) is 6.70. The highest BCUT2D eigenvalue weighted by Crippen LogP contribution is 2.37. The summed E-state index contributed by atoms with van der Waals surface area (Å²) in [7, 11) is 0. The molecule has 1 aliphatic carbocycles. The van der Waals surface area contributed by atoms with Gasteiger partial charge in [-0.05, 0) is 68.5 Å². The van der Waals surface area contributed by atoms with Crippen molar-refractivity contribution in [1.29, 1.82) is 0 Å². The number of benzene rings is 2. The van der Waals surface area contributed by atoms with Gasteiger partial charge in [0, 0.05) is 27.0 Å². The van der Waals surface area contributed by atoms with E-state index in [2.05, 4.69) is 5.32 Å². The van der Waals surface area contributed by atoms with Crippen molar-refractivity contribution in [2.45, 2.75) is 49.1 Å². The molecule has 5 rings (SSSR count). The summed E-state index contributed by atoms with van der Waals surface area (Å²) in [5.74, 6) is -1.31. The highest BCUT2D eigenvalue weighted by Gasteiger charge is 2.55. The van der Waals surface area contributed by atoms with E-state index >= 15 is 0 Å². The van der Waals surface area contributed by atoms with E-state index in [0.29, 0.717) is 21.6 Å². The van der Waals surface area contributed by atoms with E-state index in [9.17, 15) is 14.4 Å². The fraction of sp³-hybridized carbons (Fsp3) is 0.320. The van der Waals surface area contributed by atoms with Gasteiger partial charge in [-0.15, -0.1) is 11.8 Å². The van der Waals surface area contributed by atoms with Gasteiger partial charge in [0.1, 0.15) is 5.69 Å². The second kappa shape index (κ2) is 8.22. The molecule has 2 heterocycles. The third kappa shape index (κ3) is 3.45. The van der Waals surface area contributed by atoms with Crippen LogP contribution in [-0.4, -0.2) is 40.1 Å². The number of anilines is 1. The smallest absolute Gasteiger partial charge is 0.276 e. The molecule has 8 heteroatoms. The minimum atomic E-state index is -1.74. The Bertz CT molecular complexity index is 1300. The Morgan fingerprint density at radius 1 is 1.12 bits per heavy atom. The maximum atomic E-state index is 14.1. The number of thioether (sulfide) groups is 1. The molecule has 0 bridgehead atoms. The van der Waals surface area contributed by atoms with Crippen LogP contribution in [0.15, 0.2) is 53.4 Å². The van der Waals surface area contributed by atoms with Gasteiger partial charge in [0.05, 0.1) is 5.52 Å². The Morgan fingerprint density at radius 3 is 2.61 bits per heavy atom. The van der Waals surface area contributed by atoms with Crippen molar-refractivity contribution in [3.63, 3.8) is 0 Å². The number of rotatable bonds is 4. The quantitative estimate of drug-likeness (QED) is 0.414. The average molecular weight is 482 g/mol. The summed E-state index contributed by atoms with van der Waals surface area (Å²) in [5.41, 5.74) is -0.447. The lowest BCUT2D eigenvalue weighted by molar-refractivity contribution is -0.125. The predicted molar refractivity (Wildman–Crippen MR) is 131 cm³/mol. The average Bonchev–Trinajstić information content (AvgIpc) is 3.45. The maximum Gasteiger partial charge on any atom is 0.276 e. The molecule has 2 aliphatic rings. The lowest BCUT2D eigenvalue weighted by Gasteiger charge is -2.42. The van der Waals surface area contributed by atoms with E-state index in [0.717, 1.165) is 30.6 Å². The number of carbonyl (C=O) groups is 3. The van der Waals surface area contributed by atoms with E-state index in [1.54, 1.807) is 37.3 Å². The van der Waals surface area contributed by atoms with Gasteiger partial charge in [-0.3, -0.25) is 23.9 Å². The molecule has 1 saturated carbocycles. The van der Waals surface area contributed by atoms with Crippen LogP contribution in [0.1, 0.15) is 47.9 Å². The number of nitrogens with zero attached hydrogens (tertiary/aromatic N) is 2. The molecule has 1 aromatic heterocycles. The molecule has 2 amide bonds. The molecule has 6 nitrogen and oxygen atoms in total. The molecule has 1 N–H and O–H groups in total. The van der Waals surface area contributed by atoms with Crippen LogP contribution < -0.4 is 10.2 Å². The SMILES string of the molecule is CSc1cccc(N2C(=O)c3cc4cc(Cl)ccc4n3C(=O)[C@]2(C)C(=O)NC2CCCC2)c1. The van der Waals surface area contributed by atoms with Crippen molar-refractivity contribution in [2.24, 2.45) is 0 Å². The van der Waals surface area contributed by atoms with Gasteiger partial charge in [-0.1, -0.05) is 30.5 Å². The lowest BCUT2D eigenvalue weighted by Crippen LogP contribution is -2.69. The summed E-state index contributed by atoms with van der Waals surface area (Å²) in [5, 5.41) is 4.24. The highest BCUT2D eigenvalue weighted by molar-refractivity contribution is 7.98. The summed E-state index contributed by atoms with van der Waals surface area (Å²) in [6.07, 6.45) is 5.78. The number of hydrogen-bond donors (Lipinski definition) is 1. The number of halogens is 1. The van der Waals surface area contributed by atoms with Gasteiger partial charge in [-0.25, -0.2) is 0 Å². The Kier molecular flexibility index (Phi) is 5.49. The number of amides is 2.